The summed E-state index contributed by atoms with van der Waals surface area (Å²) in [6.45, 7) is -0.222. The number of hydrogen-bond acceptors (Lipinski definition) is 5. The quantitative estimate of drug-likeness (QED) is 0.486. The lowest BCUT2D eigenvalue weighted by Gasteiger charge is -2.29. The Labute approximate surface area is 203 Å². The van der Waals surface area contributed by atoms with Gasteiger partial charge in [-0.25, -0.2) is 13.2 Å². The van der Waals surface area contributed by atoms with E-state index < -0.39 is 46.3 Å². The molecule has 3 heterocycles. The number of para-hydroxylation sites is 1. The summed E-state index contributed by atoms with van der Waals surface area (Å²) < 4.78 is 24.2. The number of sulfone groups is 1. The Morgan fingerprint density at radius 2 is 1.80 bits per heavy atom. The number of urea groups is 1. The molecule has 2 fully saturated rings. The molecule has 1 aromatic heterocycles. The highest BCUT2D eigenvalue weighted by molar-refractivity contribution is 7.91. The monoisotopic (exact) mass is 494 g/mol. The van der Waals surface area contributed by atoms with Crippen LogP contribution in [0.4, 0.5) is 4.79 Å². The van der Waals surface area contributed by atoms with E-state index in [9.17, 15) is 22.8 Å². The molecule has 0 aliphatic carbocycles. The highest BCUT2D eigenvalue weighted by Gasteiger charge is 2.41. The van der Waals surface area contributed by atoms with Gasteiger partial charge in [-0.1, -0.05) is 48.5 Å². The molecule has 4 amide bonds. The summed E-state index contributed by atoms with van der Waals surface area (Å²) in [4.78, 5) is 44.7. The SMILES string of the molecule is O=C1N[C@@H](Cc2c[nH]c3ccccc23)C(=O)N1CC(=O)N(Cc1ccccc1)[C@H]1CCS(=O)(=O)C1. The predicted molar refractivity (Wildman–Crippen MR) is 130 cm³/mol. The van der Waals surface area contributed by atoms with E-state index in [0.717, 1.165) is 26.9 Å². The lowest BCUT2D eigenvalue weighted by molar-refractivity contribution is -0.139. The molecule has 9 nitrogen and oxygen atoms in total. The van der Waals surface area contributed by atoms with E-state index in [1.807, 2.05) is 60.8 Å². The van der Waals surface area contributed by atoms with Crippen LogP contribution < -0.4 is 5.32 Å². The molecule has 3 aromatic rings. The third-order valence-corrected chi connectivity index (χ3v) is 8.41. The molecule has 0 radical (unpaired) electrons. The van der Waals surface area contributed by atoms with Crippen molar-refractivity contribution in [2.24, 2.45) is 0 Å². The first-order chi connectivity index (χ1) is 16.8. The van der Waals surface area contributed by atoms with Crippen molar-refractivity contribution in [2.45, 2.75) is 31.5 Å². The molecular formula is C25H26N4O5S. The van der Waals surface area contributed by atoms with Gasteiger partial charge in [0.25, 0.3) is 5.91 Å². The van der Waals surface area contributed by atoms with Crippen molar-refractivity contribution in [3.05, 3.63) is 71.9 Å². The molecule has 5 rings (SSSR count). The Morgan fingerprint density at radius 1 is 1.06 bits per heavy atom. The van der Waals surface area contributed by atoms with Gasteiger partial charge in [0.1, 0.15) is 12.6 Å². The van der Waals surface area contributed by atoms with Crippen molar-refractivity contribution in [2.75, 3.05) is 18.1 Å². The van der Waals surface area contributed by atoms with Crippen LogP contribution in [0.5, 0.6) is 0 Å². The van der Waals surface area contributed by atoms with Crippen LogP contribution >= 0.6 is 0 Å². The number of carbonyl (C=O) groups is 3. The number of amides is 4. The molecule has 2 atom stereocenters. The maximum Gasteiger partial charge on any atom is 0.325 e. The Morgan fingerprint density at radius 3 is 2.54 bits per heavy atom. The summed E-state index contributed by atoms with van der Waals surface area (Å²) in [6.07, 6.45) is 2.46. The highest BCUT2D eigenvalue weighted by Crippen LogP contribution is 2.23. The standard InChI is InChI=1S/C25H26N4O5S/c30-23(28(14-17-6-2-1-3-7-17)19-10-11-35(33,34)16-19)15-29-24(31)22(27-25(29)32)12-18-13-26-21-9-5-4-8-20(18)21/h1-9,13,19,22,26H,10-12,14-16H2,(H,27,32)/t19-,22-/m0/s1. The van der Waals surface area contributed by atoms with Gasteiger partial charge < -0.3 is 15.2 Å². The first-order valence-corrected chi connectivity index (χ1v) is 13.3. The molecule has 0 bridgehead atoms. The van der Waals surface area contributed by atoms with E-state index in [4.69, 9.17) is 0 Å². The first-order valence-electron chi connectivity index (χ1n) is 11.5. The van der Waals surface area contributed by atoms with Crippen LogP contribution in [0.15, 0.2) is 60.8 Å². The second-order valence-electron chi connectivity index (χ2n) is 9.05. The second-order valence-corrected chi connectivity index (χ2v) is 11.3. The van der Waals surface area contributed by atoms with Gasteiger partial charge in [-0.15, -0.1) is 0 Å². The minimum Gasteiger partial charge on any atom is -0.361 e. The zero-order valence-corrected chi connectivity index (χ0v) is 19.8. The molecule has 2 saturated heterocycles. The zero-order chi connectivity index (χ0) is 24.6. The Hall–Kier alpha value is -3.66. The van der Waals surface area contributed by atoms with Crippen LogP contribution in [0, 0.1) is 0 Å². The van der Waals surface area contributed by atoms with Gasteiger partial charge in [0.05, 0.1) is 11.5 Å². The van der Waals surface area contributed by atoms with Crippen LogP contribution in [-0.2, 0) is 32.4 Å². The number of benzene rings is 2. The summed E-state index contributed by atoms with van der Waals surface area (Å²) in [5.74, 6) is -1.01. The maximum atomic E-state index is 13.3. The molecule has 35 heavy (non-hydrogen) atoms. The summed E-state index contributed by atoms with van der Waals surface area (Å²) in [5.41, 5.74) is 2.68. The van der Waals surface area contributed by atoms with Crippen molar-refractivity contribution in [1.82, 2.24) is 20.1 Å². The molecule has 2 aliphatic rings. The largest absolute Gasteiger partial charge is 0.361 e. The van der Waals surface area contributed by atoms with Crippen LogP contribution in [0.2, 0.25) is 0 Å². The number of carbonyl (C=O) groups excluding carboxylic acids is 3. The first kappa shape index (κ1) is 23.1. The Balaban J connectivity index is 1.31. The van der Waals surface area contributed by atoms with E-state index in [0.29, 0.717) is 12.8 Å². The molecule has 10 heteroatoms. The lowest BCUT2D eigenvalue weighted by Crippen LogP contribution is -2.47. The number of hydrogen-bond donors (Lipinski definition) is 2. The summed E-state index contributed by atoms with van der Waals surface area (Å²) in [6, 6.07) is 15.1. The van der Waals surface area contributed by atoms with Gasteiger partial charge in [0.15, 0.2) is 9.84 Å². The van der Waals surface area contributed by atoms with Crippen LogP contribution in [0.25, 0.3) is 10.9 Å². The minimum atomic E-state index is -3.23. The number of nitrogens with zero attached hydrogens (tertiary/aromatic N) is 2. The summed E-state index contributed by atoms with van der Waals surface area (Å²) >= 11 is 0. The fraction of sp³-hybridized carbons (Fsp3) is 0.320. The lowest BCUT2D eigenvalue weighted by atomic mass is 10.1. The molecule has 2 aromatic carbocycles. The van der Waals surface area contributed by atoms with Gasteiger partial charge in [0, 0.05) is 36.1 Å². The van der Waals surface area contributed by atoms with E-state index in [-0.39, 0.29) is 18.1 Å². The van der Waals surface area contributed by atoms with Gasteiger partial charge in [0.2, 0.25) is 5.91 Å². The maximum absolute atomic E-state index is 13.3. The van der Waals surface area contributed by atoms with Crippen molar-refractivity contribution in [3.8, 4) is 0 Å². The van der Waals surface area contributed by atoms with Gasteiger partial charge in [-0.05, 0) is 23.6 Å². The van der Waals surface area contributed by atoms with E-state index in [1.165, 1.54) is 4.90 Å². The van der Waals surface area contributed by atoms with Crippen LogP contribution in [0.3, 0.4) is 0 Å². The number of H-pyrrole nitrogens is 1. The molecule has 2 aliphatic heterocycles. The van der Waals surface area contributed by atoms with Crippen LogP contribution in [0.1, 0.15) is 17.5 Å². The number of aromatic amines is 1. The van der Waals surface area contributed by atoms with Gasteiger partial charge >= 0.3 is 6.03 Å². The number of imide groups is 1. The average Bonchev–Trinajstić information content (AvgIpc) is 3.50. The summed E-state index contributed by atoms with van der Waals surface area (Å²) in [7, 11) is -3.23. The fourth-order valence-corrected chi connectivity index (χ4v) is 6.56. The predicted octanol–water partition coefficient (Wildman–Crippen LogP) is 1.85. The van der Waals surface area contributed by atoms with Gasteiger partial charge in [-0.2, -0.15) is 0 Å². The van der Waals surface area contributed by atoms with Crippen molar-refractivity contribution in [3.63, 3.8) is 0 Å². The number of aromatic nitrogens is 1. The third kappa shape index (κ3) is 4.79. The number of rotatable bonds is 7. The molecule has 0 unspecified atom stereocenters. The minimum absolute atomic E-state index is 0.0199. The normalized spacial score (nSPS) is 21.4. The van der Waals surface area contributed by atoms with Gasteiger partial charge in [-0.3, -0.25) is 14.5 Å². The van der Waals surface area contributed by atoms with E-state index >= 15 is 0 Å². The smallest absolute Gasteiger partial charge is 0.325 e. The Bertz CT molecular complexity index is 1390. The molecule has 0 saturated carbocycles. The zero-order valence-electron chi connectivity index (χ0n) is 19.0. The summed E-state index contributed by atoms with van der Waals surface area (Å²) in [5, 5.41) is 3.66. The molecular weight excluding hydrogens is 468 g/mol. The molecule has 0 spiro atoms. The molecule has 182 valence electrons. The van der Waals surface area contributed by atoms with Crippen molar-refractivity contribution in [1.29, 1.82) is 0 Å². The average molecular weight is 495 g/mol. The third-order valence-electron chi connectivity index (χ3n) is 6.66. The number of nitrogens with one attached hydrogen (secondary N) is 2. The van der Waals surface area contributed by atoms with E-state index in [1.54, 1.807) is 0 Å². The van der Waals surface area contributed by atoms with Crippen LogP contribution in [-0.4, -0.2) is 71.2 Å². The van der Waals surface area contributed by atoms with Crippen molar-refractivity contribution >= 4 is 38.6 Å². The van der Waals surface area contributed by atoms with E-state index in [2.05, 4.69) is 10.3 Å². The number of fused-ring (bicyclic) bond motifs is 1. The second kappa shape index (κ2) is 9.18. The topological polar surface area (TPSA) is 120 Å². The Kier molecular flexibility index (Phi) is 6.06. The highest BCUT2D eigenvalue weighted by atomic mass is 32.2. The van der Waals surface area contributed by atoms with Crippen molar-refractivity contribution < 1.29 is 22.8 Å². The fourth-order valence-electron chi connectivity index (χ4n) is 4.83. The molecule has 2 N–H and O–H groups in total.